The Balaban J connectivity index is 1.96. The first-order chi connectivity index (χ1) is 9.65. The molecule has 2 aromatic rings. The number of amides is 1. The minimum Gasteiger partial charge on any atom is -0.338 e. The van der Waals surface area contributed by atoms with Gasteiger partial charge in [0.15, 0.2) is 0 Å². The second-order valence-electron chi connectivity index (χ2n) is 5.81. The van der Waals surface area contributed by atoms with Crippen molar-refractivity contribution in [2.45, 2.75) is 26.7 Å². The number of likely N-dealkylation sites (tertiary alicyclic amines) is 1. The van der Waals surface area contributed by atoms with Gasteiger partial charge in [0.25, 0.3) is 5.91 Å². The second-order valence-corrected chi connectivity index (χ2v) is 5.81. The number of nitrogens with zero attached hydrogens (tertiary/aromatic N) is 2. The average molecular weight is 268 g/mol. The van der Waals surface area contributed by atoms with Crippen LogP contribution < -0.4 is 0 Å². The van der Waals surface area contributed by atoms with Gasteiger partial charge in [-0.15, -0.1) is 0 Å². The van der Waals surface area contributed by atoms with Crippen LogP contribution in [0.15, 0.2) is 30.3 Å². The molecule has 0 radical (unpaired) electrons. The van der Waals surface area contributed by atoms with E-state index in [1.165, 1.54) is 6.42 Å². The summed E-state index contributed by atoms with van der Waals surface area (Å²) in [5, 5.41) is 1.03. The van der Waals surface area contributed by atoms with Gasteiger partial charge in [-0.3, -0.25) is 9.78 Å². The first-order valence-corrected chi connectivity index (χ1v) is 7.31. The second kappa shape index (κ2) is 5.23. The number of hydrogen-bond acceptors (Lipinski definition) is 2. The SMILES string of the molecule is Cc1nc2ccccc2cc1C(=O)N1CCCC(C)C1. The van der Waals surface area contributed by atoms with Gasteiger partial charge in [-0.1, -0.05) is 25.1 Å². The van der Waals surface area contributed by atoms with Gasteiger partial charge in [-0.25, -0.2) is 0 Å². The van der Waals surface area contributed by atoms with Crippen molar-refractivity contribution in [3.8, 4) is 0 Å². The highest BCUT2D eigenvalue weighted by Crippen LogP contribution is 2.21. The number of aromatic nitrogens is 1. The number of piperidine rings is 1. The summed E-state index contributed by atoms with van der Waals surface area (Å²) in [5.41, 5.74) is 2.53. The molecule has 0 saturated carbocycles. The fraction of sp³-hybridized carbons (Fsp3) is 0.412. The van der Waals surface area contributed by atoms with Gasteiger partial charge in [0.05, 0.1) is 16.8 Å². The van der Waals surface area contributed by atoms with Crippen LogP contribution in [0.3, 0.4) is 0 Å². The maximum absolute atomic E-state index is 12.7. The normalized spacial score (nSPS) is 19.3. The third kappa shape index (κ3) is 2.40. The van der Waals surface area contributed by atoms with Crippen LogP contribution in [0.5, 0.6) is 0 Å². The zero-order chi connectivity index (χ0) is 14.1. The van der Waals surface area contributed by atoms with E-state index < -0.39 is 0 Å². The summed E-state index contributed by atoms with van der Waals surface area (Å²) in [6.07, 6.45) is 2.33. The molecule has 104 valence electrons. The Hall–Kier alpha value is -1.90. The van der Waals surface area contributed by atoms with Crippen LogP contribution in [0.25, 0.3) is 10.9 Å². The largest absolute Gasteiger partial charge is 0.338 e. The third-order valence-corrected chi connectivity index (χ3v) is 4.09. The zero-order valence-corrected chi connectivity index (χ0v) is 12.1. The molecule has 0 spiro atoms. The number of pyridine rings is 1. The molecule has 1 saturated heterocycles. The van der Waals surface area contributed by atoms with Crippen molar-refractivity contribution in [2.24, 2.45) is 5.92 Å². The van der Waals surface area contributed by atoms with Crippen molar-refractivity contribution < 1.29 is 4.79 Å². The molecule has 2 heterocycles. The van der Waals surface area contributed by atoms with Crippen molar-refractivity contribution >= 4 is 16.8 Å². The Kier molecular flexibility index (Phi) is 3.43. The molecule has 0 N–H and O–H groups in total. The lowest BCUT2D eigenvalue weighted by molar-refractivity contribution is 0.0682. The number of aryl methyl sites for hydroxylation is 1. The van der Waals surface area contributed by atoms with Gasteiger partial charge >= 0.3 is 0 Å². The molecule has 1 aliphatic rings. The average Bonchev–Trinajstić information content (AvgIpc) is 2.46. The van der Waals surface area contributed by atoms with E-state index in [2.05, 4.69) is 11.9 Å². The summed E-state index contributed by atoms with van der Waals surface area (Å²) in [6, 6.07) is 9.94. The van der Waals surface area contributed by atoms with Crippen molar-refractivity contribution in [2.75, 3.05) is 13.1 Å². The van der Waals surface area contributed by atoms with Crippen LogP contribution in [-0.4, -0.2) is 28.9 Å². The number of carbonyl (C=O) groups is 1. The van der Waals surface area contributed by atoms with Crippen molar-refractivity contribution in [1.82, 2.24) is 9.88 Å². The molecular weight excluding hydrogens is 248 g/mol. The molecule has 3 heteroatoms. The van der Waals surface area contributed by atoms with Gasteiger partial charge in [-0.2, -0.15) is 0 Å². The first kappa shape index (κ1) is 13.1. The molecular formula is C17H20N2O. The quantitative estimate of drug-likeness (QED) is 0.794. The fourth-order valence-electron chi connectivity index (χ4n) is 2.97. The molecule has 1 atom stereocenters. The molecule has 0 aliphatic carbocycles. The third-order valence-electron chi connectivity index (χ3n) is 4.09. The van der Waals surface area contributed by atoms with E-state index in [0.29, 0.717) is 5.92 Å². The van der Waals surface area contributed by atoms with Crippen LogP contribution in [0, 0.1) is 12.8 Å². The van der Waals surface area contributed by atoms with Crippen LogP contribution in [0.2, 0.25) is 0 Å². The topological polar surface area (TPSA) is 33.2 Å². The van der Waals surface area contributed by atoms with Crippen LogP contribution in [0.1, 0.15) is 35.8 Å². The Bertz CT molecular complexity index is 650. The molecule has 0 bridgehead atoms. The van der Waals surface area contributed by atoms with E-state index in [1.807, 2.05) is 42.2 Å². The summed E-state index contributed by atoms with van der Waals surface area (Å²) in [7, 11) is 0. The molecule has 1 fully saturated rings. The first-order valence-electron chi connectivity index (χ1n) is 7.31. The predicted molar refractivity (Wildman–Crippen MR) is 80.8 cm³/mol. The Morgan fingerprint density at radius 3 is 2.95 bits per heavy atom. The van der Waals surface area contributed by atoms with Crippen molar-refractivity contribution in [3.63, 3.8) is 0 Å². The monoisotopic (exact) mass is 268 g/mol. The lowest BCUT2D eigenvalue weighted by Gasteiger charge is -2.31. The lowest BCUT2D eigenvalue weighted by atomic mass is 9.99. The fourth-order valence-corrected chi connectivity index (χ4v) is 2.97. The minimum atomic E-state index is 0.132. The van der Waals surface area contributed by atoms with Gasteiger partial charge in [0.1, 0.15) is 0 Å². The highest BCUT2D eigenvalue weighted by molar-refractivity contribution is 5.98. The van der Waals surface area contributed by atoms with Crippen LogP contribution in [0.4, 0.5) is 0 Å². The van der Waals surface area contributed by atoms with E-state index >= 15 is 0 Å². The highest BCUT2D eigenvalue weighted by atomic mass is 16.2. The Labute approximate surface area is 119 Å². The maximum atomic E-state index is 12.7. The Morgan fingerprint density at radius 2 is 2.15 bits per heavy atom. The number of carbonyl (C=O) groups excluding carboxylic acids is 1. The lowest BCUT2D eigenvalue weighted by Crippen LogP contribution is -2.39. The zero-order valence-electron chi connectivity index (χ0n) is 12.1. The van der Waals surface area contributed by atoms with Crippen LogP contribution in [-0.2, 0) is 0 Å². The van der Waals surface area contributed by atoms with E-state index in [0.717, 1.165) is 41.7 Å². The van der Waals surface area contributed by atoms with Gasteiger partial charge in [-0.05, 0) is 37.8 Å². The summed E-state index contributed by atoms with van der Waals surface area (Å²) in [6.45, 7) is 5.87. The summed E-state index contributed by atoms with van der Waals surface area (Å²) < 4.78 is 0. The van der Waals surface area contributed by atoms with Crippen LogP contribution >= 0.6 is 0 Å². The highest BCUT2D eigenvalue weighted by Gasteiger charge is 2.23. The molecule has 1 unspecified atom stereocenters. The van der Waals surface area contributed by atoms with Gasteiger partial charge in [0, 0.05) is 18.5 Å². The van der Waals surface area contributed by atoms with E-state index in [9.17, 15) is 4.79 Å². The molecule has 20 heavy (non-hydrogen) atoms. The van der Waals surface area contributed by atoms with Gasteiger partial charge in [0.2, 0.25) is 0 Å². The van der Waals surface area contributed by atoms with E-state index in [1.54, 1.807) is 0 Å². The number of benzene rings is 1. The molecule has 3 nitrogen and oxygen atoms in total. The number of rotatable bonds is 1. The standard InChI is InChI=1S/C17H20N2O/c1-12-6-5-9-19(11-12)17(20)15-10-14-7-3-4-8-16(14)18-13(15)2/h3-4,7-8,10,12H,5-6,9,11H2,1-2H3. The van der Waals surface area contributed by atoms with Gasteiger partial charge < -0.3 is 4.90 Å². The smallest absolute Gasteiger partial charge is 0.255 e. The number of para-hydroxylation sites is 1. The molecule has 1 aromatic heterocycles. The summed E-state index contributed by atoms with van der Waals surface area (Å²) >= 11 is 0. The summed E-state index contributed by atoms with van der Waals surface area (Å²) in [4.78, 5) is 19.2. The Morgan fingerprint density at radius 1 is 1.35 bits per heavy atom. The predicted octanol–water partition coefficient (Wildman–Crippen LogP) is 3.42. The van der Waals surface area contributed by atoms with Crippen molar-refractivity contribution in [3.05, 3.63) is 41.6 Å². The van der Waals surface area contributed by atoms with E-state index in [-0.39, 0.29) is 5.91 Å². The molecule has 1 amide bonds. The molecule has 3 rings (SSSR count). The maximum Gasteiger partial charge on any atom is 0.255 e. The number of fused-ring (bicyclic) bond motifs is 1. The molecule has 1 aliphatic heterocycles. The molecule has 1 aromatic carbocycles. The van der Waals surface area contributed by atoms with E-state index in [4.69, 9.17) is 0 Å². The number of hydrogen-bond donors (Lipinski definition) is 0. The summed E-state index contributed by atoms with van der Waals surface area (Å²) in [5.74, 6) is 0.730. The minimum absolute atomic E-state index is 0.132. The van der Waals surface area contributed by atoms with Crippen molar-refractivity contribution in [1.29, 1.82) is 0 Å².